The second-order valence-corrected chi connectivity index (χ2v) is 3.15. The molecule has 1 aromatic carbocycles. The molecule has 1 nitrogen and oxygen atoms in total. The number of ketones is 1. The molecule has 0 aliphatic heterocycles. The molecule has 1 aromatic rings. The van der Waals surface area contributed by atoms with Crippen molar-refractivity contribution in [2.24, 2.45) is 0 Å². The first-order chi connectivity index (χ1) is 6.02. The summed E-state index contributed by atoms with van der Waals surface area (Å²) in [5.41, 5.74) is -0.323. The average molecular weight is 253 g/mol. The van der Waals surface area contributed by atoms with Gasteiger partial charge < -0.3 is 0 Å². The normalized spacial score (nSPS) is 10.5. The average Bonchev–Trinajstić information content (AvgIpc) is 2.08. The summed E-state index contributed by atoms with van der Waals surface area (Å²) in [6.45, 7) is 0. The lowest BCUT2D eigenvalue weighted by Crippen LogP contribution is -2.10. The fraction of sp³-hybridized carbons (Fsp3) is 0.125. The zero-order chi connectivity index (χ0) is 10.0. The number of hydrogen-bond acceptors (Lipinski definition) is 1. The number of carbonyl (C=O) groups excluding carboxylic acids is 1. The summed E-state index contributed by atoms with van der Waals surface area (Å²) in [6, 6.07) is 3.13. The Morgan fingerprint density at radius 2 is 2.00 bits per heavy atom. The van der Waals surface area contributed by atoms with Crippen LogP contribution in [0.4, 0.5) is 13.2 Å². The Labute approximate surface area is 80.7 Å². The van der Waals surface area contributed by atoms with Crippen LogP contribution >= 0.6 is 15.9 Å². The standard InChI is InChI=1S/C8H4BrF3O/c9-5-2-1-4(3-6(5)10)7(13)8(11)12/h1-3,8H. The second kappa shape index (κ2) is 3.91. The van der Waals surface area contributed by atoms with Gasteiger partial charge in [-0.25, -0.2) is 13.2 Å². The lowest BCUT2D eigenvalue weighted by Gasteiger charge is -2.00. The quantitative estimate of drug-likeness (QED) is 0.740. The van der Waals surface area contributed by atoms with Crippen molar-refractivity contribution in [2.75, 3.05) is 0 Å². The second-order valence-electron chi connectivity index (χ2n) is 2.29. The molecular formula is C8H4BrF3O. The van der Waals surface area contributed by atoms with Gasteiger partial charge in [-0.15, -0.1) is 0 Å². The molecule has 0 bridgehead atoms. The zero-order valence-corrected chi connectivity index (χ0v) is 7.82. The molecule has 0 aliphatic carbocycles. The predicted molar refractivity (Wildman–Crippen MR) is 44.4 cm³/mol. The molecule has 13 heavy (non-hydrogen) atoms. The summed E-state index contributed by atoms with van der Waals surface area (Å²) in [5, 5.41) is 0. The molecule has 0 saturated heterocycles. The number of halogens is 4. The molecule has 70 valence electrons. The van der Waals surface area contributed by atoms with Crippen LogP contribution in [0.15, 0.2) is 22.7 Å². The minimum absolute atomic E-state index is 0.137. The van der Waals surface area contributed by atoms with Gasteiger partial charge in [0.15, 0.2) is 0 Å². The van der Waals surface area contributed by atoms with Crippen LogP contribution in [0.1, 0.15) is 10.4 Å². The minimum atomic E-state index is -3.10. The number of Topliss-reactive ketones (excluding diaryl/α,β-unsaturated/α-hetero) is 1. The Bertz CT molecular complexity index is 338. The fourth-order valence-electron chi connectivity index (χ4n) is 0.775. The number of benzene rings is 1. The van der Waals surface area contributed by atoms with Gasteiger partial charge >= 0.3 is 6.43 Å². The van der Waals surface area contributed by atoms with Crippen molar-refractivity contribution >= 4 is 21.7 Å². The highest BCUT2D eigenvalue weighted by Crippen LogP contribution is 2.17. The van der Waals surface area contributed by atoms with Crippen LogP contribution in [-0.2, 0) is 0 Å². The fourth-order valence-corrected chi connectivity index (χ4v) is 1.02. The van der Waals surface area contributed by atoms with Gasteiger partial charge in [0.25, 0.3) is 0 Å². The van der Waals surface area contributed by atoms with Gasteiger partial charge in [0.2, 0.25) is 5.78 Å². The van der Waals surface area contributed by atoms with E-state index in [-0.39, 0.29) is 10.0 Å². The van der Waals surface area contributed by atoms with E-state index in [1.165, 1.54) is 6.07 Å². The smallest absolute Gasteiger partial charge is 0.288 e. The van der Waals surface area contributed by atoms with E-state index in [9.17, 15) is 18.0 Å². The molecule has 1 rings (SSSR count). The molecule has 0 atom stereocenters. The van der Waals surface area contributed by atoms with Crippen LogP contribution in [0.25, 0.3) is 0 Å². The first kappa shape index (κ1) is 10.2. The maximum atomic E-state index is 12.8. The van der Waals surface area contributed by atoms with E-state index in [4.69, 9.17) is 0 Å². The van der Waals surface area contributed by atoms with Crippen LogP contribution in [0.2, 0.25) is 0 Å². The highest BCUT2D eigenvalue weighted by Gasteiger charge is 2.18. The summed E-state index contributed by atoms with van der Waals surface area (Å²) in [5.74, 6) is -2.10. The van der Waals surface area contributed by atoms with Crippen molar-refractivity contribution in [3.8, 4) is 0 Å². The van der Waals surface area contributed by atoms with Crippen LogP contribution in [0.3, 0.4) is 0 Å². The summed E-state index contributed by atoms with van der Waals surface area (Å²) in [7, 11) is 0. The Balaban J connectivity index is 3.04. The van der Waals surface area contributed by atoms with Gasteiger partial charge in [0.1, 0.15) is 5.82 Å². The molecule has 5 heteroatoms. The van der Waals surface area contributed by atoms with Gasteiger partial charge in [-0.2, -0.15) is 0 Å². The summed E-state index contributed by atoms with van der Waals surface area (Å²) in [6.07, 6.45) is -3.10. The number of alkyl halides is 2. The van der Waals surface area contributed by atoms with Crippen molar-refractivity contribution < 1.29 is 18.0 Å². The third-order valence-corrected chi connectivity index (χ3v) is 2.05. The van der Waals surface area contributed by atoms with Crippen molar-refractivity contribution in [3.05, 3.63) is 34.1 Å². The monoisotopic (exact) mass is 252 g/mol. The van der Waals surface area contributed by atoms with Crippen LogP contribution in [0, 0.1) is 5.82 Å². The molecule has 0 aliphatic rings. The minimum Gasteiger partial charge on any atom is -0.288 e. The van der Waals surface area contributed by atoms with Crippen LogP contribution < -0.4 is 0 Å². The van der Waals surface area contributed by atoms with Crippen molar-refractivity contribution in [1.29, 1.82) is 0 Å². The summed E-state index contributed by atoms with van der Waals surface area (Å²) in [4.78, 5) is 10.7. The Kier molecular flexibility index (Phi) is 3.08. The molecule has 0 radical (unpaired) electrons. The molecule has 0 aromatic heterocycles. The van der Waals surface area contributed by atoms with Gasteiger partial charge in [-0.05, 0) is 34.1 Å². The lowest BCUT2D eigenvalue weighted by atomic mass is 10.1. The molecule has 0 amide bonds. The van der Waals surface area contributed by atoms with Gasteiger partial charge in [-0.1, -0.05) is 0 Å². The first-order valence-corrected chi connectivity index (χ1v) is 4.09. The third-order valence-electron chi connectivity index (χ3n) is 1.40. The Morgan fingerprint density at radius 3 is 2.46 bits per heavy atom. The molecule has 0 heterocycles. The van der Waals surface area contributed by atoms with Crippen LogP contribution in [0.5, 0.6) is 0 Å². The van der Waals surface area contributed by atoms with E-state index in [1.54, 1.807) is 0 Å². The van der Waals surface area contributed by atoms with Crippen molar-refractivity contribution in [2.45, 2.75) is 6.43 Å². The number of hydrogen-bond donors (Lipinski definition) is 0. The molecule has 0 unspecified atom stereocenters. The highest BCUT2D eigenvalue weighted by molar-refractivity contribution is 9.10. The SMILES string of the molecule is O=C(c1ccc(Br)c(F)c1)C(F)F. The van der Waals surface area contributed by atoms with E-state index >= 15 is 0 Å². The predicted octanol–water partition coefficient (Wildman–Crippen LogP) is 3.04. The maximum absolute atomic E-state index is 12.8. The Hall–Kier alpha value is -0.840. The number of rotatable bonds is 2. The third kappa shape index (κ3) is 2.30. The van der Waals surface area contributed by atoms with E-state index in [2.05, 4.69) is 15.9 Å². The van der Waals surface area contributed by atoms with E-state index in [0.29, 0.717) is 0 Å². The molecular weight excluding hydrogens is 249 g/mol. The van der Waals surface area contributed by atoms with Gasteiger partial charge in [-0.3, -0.25) is 4.79 Å². The molecule has 0 fully saturated rings. The zero-order valence-electron chi connectivity index (χ0n) is 6.23. The molecule has 0 N–H and O–H groups in total. The largest absolute Gasteiger partial charge is 0.300 e. The maximum Gasteiger partial charge on any atom is 0.300 e. The van der Waals surface area contributed by atoms with E-state index < -0.39 is 18.0 Å². The highest BCUT2D eigenvalue weighted by atomic mass is 79.9. The number of carbonyl (C=O) groups is 1. The Morgan fingerprint density at radius 1 is 1.38 bits per heavy atom. The molecule has 0 saturated carbocycles. The van der Waals surface area contributed by atoms with E-state index in [0.717, 1.165) is 12.1 Å². The van der Waals surface area contributed by atoms with Crippen LogP contribution in [-0.4, -0.2) is 12.2 Å². The molecule has 0 spiro atoms. The summed E-state index contributed by atoms with van der Waals surface area (Å²) >= 11 is 2.84. The lowest BCUT2D eigenvalue weighted by molar-refractivity contribution is 0.0678. The van der Waals surface area contributed by atoms with E-state index in [1.807, 2.05) is 0 Å². The van der Waals surface area contributed by atoms with Gasteiger partial charge in [0, 0.05) is 5.56 Å². The topological polar surface area (TPSA) is 17.1 Å². The summed E-state index contributed by atoms with van der Waals surface area (Å²) < 4.78 is 36.6. The first-order valence-electron chi connectivity index (χ1n) is 3.30. The van der Waals surface area contributed by atoms with Crippen molar-refractivity contribution in [3.63, 3.8) is 0 Å². The van der Waals surface area contributed by atoms with Crippen molar-refractivity contribution in [1.82, 2.24) is 0 Å². The van der Waals surface area contributed by atoms with Gasteiger partial charge in [0.05, 0.1) is 4.47 Å².